The molecular formula is C19H20FN3O2S. The number of aryl methyl sites for hydroxylation is 1. The van der Waals surface area contributed by atoms with Gasteiger partial charge >= 0.3 is 0 Å². The van der Waals surface area contributed by atoms with Gasteiger partial charge in [0.1, 0.15) is 11.4 Å². The monoisotopic (exact) mass is 373 g/mol. The van der Waals surface area contributed by atoms with Crippen molar-refractivity contribution < 1.29 is 13.7 Å². The molecular weight excluding hydrogens is 353 g/mol. The van der Waals surface area contributed by atoms with Gasteiger partial charge in [0.05, 0.1) is 17.3 Å². The van der Waals surface area contributed by atoms with Crippen LogP contribution in [0.1, 0.15) is 43.7 Å². The maximum atomic E-state index is 13.0. The highest BCUT2D eigenvalue weighted by Gasteiger charge is 2.51. The largest absolute Gasteiger partial charge is 0.588 e. The molecule has 1 aliphatic heterocycles. The predicted octanol–water partition coefficient (Wildman–Crippen LogP) is 3.68. The summed E-state index contributed by atoms with van der Waals surface area (Å²) in [4.78, 5) is 16.5. The summed E-state index contributed by atoms with van der Waals surface area (Å²) >= 11 is -1.55. The summed E-state index contributed by atoms with van der Waals surface area (Å²) in [6.07, 6.45) is 5.79. The zero-order chi connectivity index (χ0) is 18.3. The van der Waals surface area contributed by atoms with E-state index in [1.807, 2.05) is 12.1 Å². The normalized spacial score (nSPS) is 18.2. The van der Waals surface area contributed by atoms with Crippen molar-refractivity contribution in [2.75, 3.05) is 10.0 Å². The standard InChI is InChI=1S/C19H20FN3O2S/c1-2-4-12-9-13(23-26(25)14-5-6-16(20)21-11-14)10-15-17(12)22-18(24)19(15)7-3-8-19/h5-6,9-11,23H,2-4,7-8H2,1H3,(H,22,24). The summed E-state index contributed by atoms with van der Waals surface area (Å²) in [5.41, 5.74) is 3.28. The molecule has 1 fully saturated rings. The van der Waals surface area contributed by atoms with Crippen molar-refractivity contribution in [1.82, 2.24) is 4.98 Å². The number of pyridine rings is 1. The molecule has 136 valence electrons. The van der Waals surface area contributed by atoms with Crippen LogP contribution < -0.4 is 10.0 Å². The molecule has 5 nitrogen and oxygen atoms in total. The quantitative estimate of drug-likeness (QED) is 0.619. The predicted molar refractivity (Wildman–Crippen MR) is 98.8 cm³/mol. The Morgan fingerprint density at radius 2 is 2.19 bits per heavy atom. The minimum atomic E-state index is -1.55. The van der Waals surface area contributed by atoms with Crippen molar-refractivity contribution in [3.8, 4) is 0 Å². The molecule has 0 radical (unpaired) electrons. The maximum absolute atomic E-state index is 13.0. The first kappa shape index (κ1) is 17.3. The Labute approximate surface area is 154 Å². The summed E-state index contributed by atoms with van der Waals surface area (Å²) in [5, 5.41) is 3.07. The van der Waals surface area contributed by atoms with E-state index >= 15 is 0 Å². The van der Waals surface area contributed by atoms with Gasteiger partial charge in [-0.05, 0) is 48.6 Å². The van der Waals surface area contributed by atoms with Gasteiger partial charge in [0.25, 0.3) is 0 Å². The average Bonchev–Trinajstić information content (AvgIpc) is 2.88. The number of carbonyl (C=O) groups is 1. The second-order valence-corrected chi connectivity index (χ2v) is 8.10. The first-order valence-corrected chi connectivity index (χ1v) is 9.97. The lowest BCUT2D eigenvalue weighted by molar-refractivity contribution is -0.123. The second kappa shape index (κ2) is 6.55. The van der Waals surface area contributed by atoms with Crippen molar-refractivity contribution in [1.29, 1.82) is 0 Å². The van der Waals surface area contributed by atoms with E-state index in [0.717, 1.165) is 48.9 Å². The molecule has 2 heterocycles. The van der Waals surface area contributed by atoms with Crippen LogP contribution in [0.25, 0.3) is 0 Å². The molecule has 1 aromatic heterocycles. The zero-order valence-corrected chi connectivity index (χ0v) is 15.3. The Hall–Kier alpha value is -2.12. The fourth-order valence-corrected chi connectivity index (χ4v) is 4.56. The molecule has 1 spiro atoms. The van der Waals surface area contributed by atoms with Crippen molar-refractivity contribution >= 4 is 28.6 Å². The number of hydrogen-bond acceptors (Lipinski definition) is 4. The van der Waals surface area contributed by atoms with Gasteiger partial charge in [0.15, 0.2) is 4.90 Å². The summed E-state index contributed by atoms with van der Waals surface area (Å²) in [5.74, 6) is -0.526. The van der Waals surface area contributed by atoms with Crippen LogP contribution in [0.3, 0.4) is 0 Å². The van der Waals surface area contributed by atoms with E-state index in [9.17, 15) is 13.7 Å². The Morgan fingerprint density at radius 1 is 1.38 bits per heavy atom. The number of halogens is 1. The van der Waals surface area contributed by atoms with Gasteiger partial charge in [-0.2, -0.15) is 4.39 Å². The molecule has 0 saturated heterocycles. The van der Waals surface area contributed by atoms with Crippen LogP contribution in [0.15, 0.2) is 35.4 Å². The number of hydrogen-bond donors (Lipinski definition) is 2. The van der Waals surface area contributed by atoms with E-state index < -0.39 is 22.7 Å². The highest BCUT2D eigenvalue weighted by atomic mass is 32.2. The number of nitrogens with zero attached hydrogens (tertiary/aromatic N) is 1. The number of amides is 1. The minimum absolute atomic E-state index is 0.0807. The first-order chi connectivity index (χ1) is 12.5. The molecule has 1 unspecified atom stereocenters. The van der Waals surface area contributed by atoms with E-state index in [1.54, 1.807) is 0 Å². The van der Waals surface area contributed by atoms with Crippen LogP contribution in [-0.4, -0.2) is 15.4 Å². The van der Waals surface area contributed by atoms with Crippen LogP contribution in [0.4, 0.5) is 15.8 Å². The van der Waals surface area contributed by atoms with Crippen molar-refractivity contribution in [3.63, 3.8) is 0 Å². The Kier molecular flexibility index (Phi) is 4.36. The van der Waals surface area contributed by atoms with Crippen LogP contribution in [0.5, 0.6) is 0 Å². The Morgan fingerprint density at radius 3 is 2.81 bits per heavy atom. The molecule has 2 aromatic rings. The van der Waals surface area contributed by atoms with Crippen LogP contribution in [-0.2, 0) is 28.0 Å². The number of benzene rings is 1. The third-order valence-electron chi connectivity index (χ3n) is 5.26. The van der Waals surface area contributed by atoms with Crippen molar-refractivity contribution in [3.05, 3.63) is 47.5 Å². The fraction of sp³-hybridized carbons (Fsp3) is 0.368. The number of aromatic nitrogens is 1. The Bertz CT molecular complexity index is 853. The summed E-state index contributed by atoms with van der Waals surface area (Å²) in [7, 11) is 0. The van der Waals surface area contributed by atoms with Crippen molar-refractivity contribution in [2.45, 2.75) is 49.3 Å². The lowest BCUT2D eigenvalue weighted by atomic mass is 9.65. The third kappa shape index (κ3) is 2.75. The van der Waals surface area contributed by atoms with Gasteiger partial charge in [0.2, 0.25) is 11.9 Å². The van der Waals surface area contributed by atoms with E-state index in [1.165, 1.54) is 18.3 Å². The minimum Gasteiger partial charge on any atom is -0.588 e. The SMILES string of the molecule is CCCc1cc(N[S+]([O-])c2ccc(F)nc2)cc2c1NC(=O)C21CCC1. The molecule has 2 N–H and O–H groups in total. The summed E-state index contributed by atoms with van der Waals surface area (Å²) in [6, 6.07) is 6.51. The molecule has 1 saturated carbocycles. The van der Waals surface area contributed by atoms with Gasteiger partial charge in [-0.3, -0.25) is 4.79 Å². The van der Waals surface area contributed by atoms with Gasteiger partial charge in [-0.1, -0.05) is 19.8 Å². The number of carbonyl (C=O) groups excluding carboxylic acids is 1. The van der Waals surface area contributed by atoms with Crippen LogP contribution in [0, 0.1) is 5.95 Å². The maximum Gasteiger partial charge on any atom is 0.235 e. The molecule has 1 aromatic carbocycles. The van der Waals surface area contributed by atoms with Gasteiger partial charge in [-0.25, -0.2) is 9.71 Å². The van der Waals surface area contributed by atoms with E-state index in [2.05, 4.69) is 21.9 Å². The van der Waals surface area contributed by atoms with Crippen molar-refractivity contribution in [2.24, 2.45) is 0 Å². The average molecular weight is 373 g/mol. The molecule has 4 rings (SSSR count). The molecule has 0 bridgehead atoms. The molecule has 1 atom stereocenters. The number of anilines is 2. The van der Waals surface area contributed by atoms with E-state index in [4.69, 9.17) is 0 Å². The highest BCUT2D eigenvalue weighted by Crippen LogP contribution is 2.53. The Balaban J connectivity index is 1.68. The number of fused-ring (bicyclic) bond motifs is 2. The molecule has 1 amide bonds. The number of nitrogens with one attached hydrogen (secondary N) is 2. The molecule has 1 aliphatic carbocycles. The van der Waals surface area contributed by atoms with Gasteiger partial charge < -0.3 is 9.87 Å². The molecule has 26 heavy (non-hydrogen) atoms. The summed E-state index contributed by atoms with van der Waals surface area (Å²) in [6.45, 7) is 2.09. The van der Waals surface area contributed by atoms with Gasteiger partial charge in [0, 0.05) is 11.8 Å². The fourth-order valence-electron chi connectivity index (χ4n) is 3.77. The van der Waals surface area contributed by atoms with Crippen LogP contribution >= 0.6 is 0 Å². The van der Waals surface area contributed by atoms with Crippen LogP contribution in [0.2, 0.25) is 0 Å². The topological polar surface area (TPSA) is 77.1 Å². The highest BCUT2D eigenvalue weighted by molar-refractivity contribution is 7.92. The number of rotatable bonds is 5. The smallest absolute Gasteiger partial charge is 0.235 e. The molecule has 2 aliphatic rings. The molecule has 7 heteroatoms. The zero-order valence-electron chi connectivity index (χ0n) is 14.5. The third-order valence-corrected chi connectivity index (χ3v) is 6.35. The summed E-state index contributed by atoms with van der Waals surface area (Å²) < 4.78 is 28.5. The second-order valence-electron chi connectivity index (χ2n) is 6.89. The van der Waals surface area contributed by atoms with E-state index in [0.29, 0.717) is 10.6 Å². The lowest BCUT2D eigenvalue weighted by Gasteiger charge is -2.36. The lowest BCUT2D eigenvalue weighted by Crippen LogP contribution is -2.40. The van der Waals surface area contributed by atoms with E-state index in [-0.39, 0.29) is 5.91 Å². The first-order valence-electron chi connectivity index (χ1n) is 8.82. The van der Waals surface area contributed by atoms with Gasteiger partial charge in [-0.15, -0.1) is 0 Å².